The Labute approximate surface area is 98.4 Å². The maximum absolute atomic E-state index is 12.2. The van der Waals surface area contributed by atoms with Crippen molar-refractivity contribution in [3.05, 3.63) is 0 Å². The lowest BCUT2D eigenvalue weighted by Crippen LogP contribution is -2.44. The number of piperidine rings is 1. The fourth-order valence-electron chi connectivity index (χ4n) is 2.10. The maximum atomic E-state index is 12.2. The Kier molecular flexibility index (Phi) is 3.87. The van der Waals surface area contributed by atoms with Gasteiger partial charge in [-0.1, -0.05) is 6.42 Å². The van der Waals surface area contributed by atoms with Gasteiger partial charge in [0.15, 0.2) is 0 Å². The molecule has 16 heavy (non-hydrogen) atoms. The van der Waals surface area contributed by atoms with Crippen molar-refractivity contribution in [1.29, 1.82) is 0 Å². The van der Waals surface area contributed by atoms with Gasteiger partial charge in [0.25, 0.3) is 0 Å². The highest BCUT2D eigenvalue weighted by molar-refractivity contribution is 7.89. The van der Waals surface area contributed by atoms with Crippen LogP contribution >= 0.6 is 0 Å². The molecule has 1 aliphatic heterocycles. The largest absolute Gasteiger partial charge is 0.313 e. The van der Waals surface area contributed by atoms with Gasteiger partial charge in [-0.2, -0.15) is 0 Å². The summed E-state index contributed by atoms with van der Waals surface area (Å²) in [6.45, 7) is 3.86. The topological polar surface area (TPSA) is 49.4 Å². The summed E-state index contributed by atoms with van der Waals surface area (Å²) < 4.78 is 26.1. The summed E-state index contributed by atoms with van der Waals surface area (Å²) in [6, 6.07) is 0.582. The molecular weight excluding hydrogens is 224 g/mol. The lowest BCUT2D eigenvalue weighted by molar-refractivity contribution is 0.342. The van der Waals surface area contributed by atoms with Gasteiger partial charge >= 0.3 is 0 Å². The Morgan fingerprint density at radius 3 is 2.44 bits per heavy atom. The third kappa shape index (κ3) is 2.96. The number of nitrogens with one attached hydrogen (secondary N) is 1. The van der Waals surface area contributed by atoms with Gasteiger partial charge in [0, 0.05) is 25.7 Å². The predicted octanol–water partition coefficient (Wildman–Crippen LogP) is 0.943. The number of sulfonamides is 1. The Hall–Kier alpha value is -0.130. The molecule has 4 nitrogen and oxygen atoms in total. The quantitative estimate of drug-likeness (QED) is 0.785. The highest BCUT2D eigenvalue weighted by Crippen LogP contribution is 2.20. The van der Waals surface area contributed by atoms with Crippen LogP contribution in [0.15, 0.2) is 0 Å². The second kappa shape index (κ2) is 5.02. The predicted molar refractivity (Wildman–Crippen MR) is 64.8 cm³/mol. The van der Waals surface area contributed by atoms with Crippen molar-refractivity contribution in [1.82, 2.24) is 9.62 Å². The molecule has 1 unspecified atom stereocenters. The number of hydrogen-bond acceptors (Lipinski definition) is 3. The van der Waals surface area contributed by atoms with E-state index in [2.05, 4.69) is 5.32 Å². The summed E-state index contributed by atoms with van der Waals surface area (Å²) in [5.74, 6) is 0. The van der Waals surface area contributed by atoms with Crippen LogP contribution in [0.1, 0.15) is 39.0 Å². The highest BCUT2D eigenvalue weighted by Gasteiger charge is 2.31. The molecule has 0 spiro atoms. The molecule has 2 fully saturated rings. The molecule has 0 aromatic rings. The third-order valence-electron chi connectivity index (χ3n) is 3.45. The van der Waals surface area contributed by atoms with E-state index in [0.717, 1.165) is 25.9 Å². The van der Waals surface area contributed by atoms with Crippen molar-refractivity contribution in [2.45, 2.75) is 50.3 Å². The lowest BCUT2D eigenvalue weighted by atomic mass is 10.2. The molecule has 1 heterocycles. The third-order valence-corrected chi connectivity index (χ3v) is 5.72. The van der Waals surface area contributed by atoms with E-state index >= 15 is 0 Å². The van der Waals surface area contributed by atoms with E-state index in [1.807, 2.05) is 6.92 Å². The molecule has 0 bridgehead atoms. The van der Waals surface area contributed by atoms with Gasteiger partial charge in [-0.25, -0.2) is 12.7 Å². The van der Waals surface area contributed by atoms with Gasteiger partial charge < -0.3 is 5.32 Å². The Bertz CT molecular complexity index is 319. The van der Waals surface area contributed by atoms with E-state index < -0.39 is 10.0 Å². The molecule has 1 saturated carbocycles. The second-order valence-corrected chi connectivity index (χ2v) is 7.35. The van der Waals surface area contributed by atoms with Crippen LogP contribution in [0.3, 0.4) is 0 Å². The minimum Gasteiger partial charge on any atom is -0.313 e. The molecular formula is C11H22N2O2S. The van der Waals surface area contributed by atoms with E-state index in [-0.39, 0.29) is 5.25 Å². The van der Waals surface area contributed by atoms with E-state index in [1.165, 1.54) is 19.3 Å². The average molecular weight is 246 g/mol. The monoisotopic (exact) mass is 246 g/mol. The van der Waals surface area contributed by atoms with Crippen LogP contribution in [0.25, 0.3) is 0 Å². The van der Waals surface area contributed by atoms with Gasteiger partial charge in [-0.3, -0.25) is 0 Å². The van der Waals surface area contributed by atoms with Crippen LogP contribution in [0.4, 0.5) is 0 Å². The van der Waals surface area contributed by atoms with Crippen molar-refractivity contribution < 1.29 is 8.42 Å². The fourth-order valence-corrected chi connectivity index (χ4v) is 3.68. The van der Waals surface area contributed by atoms with Crippen molar-refractivity contribution >= 4 is 10.0 Å². The minimum atomic E-state index is -3.06. The zero-order valence-electron chi connectivity index (χ0n) is 9.98. The van der Waals surface area contributed by atoms with E-state index in [4.69, 9.17) is 0 Å². The minimum absolute atomic E-state index is 0.286. The summed E-state index contributed by atoms with van der Waals surface area (Å²) in [4.78, 5) is 0. The van der Waals surface area contributed by atoms with Gasteiger partial charge in [0.05, 0.1) is 5.25 Å². The second-order valence-electron chi connectivity index (χ2n) is 5.00. The van der Waals surface area contributed by atoms with E-state index in [1.54, 1.807) is 4.31 Å². The Morgan fingerprint density at radius 2 is 1.88 bits per heavy atom. The Morgan fingerprint density at radius 1 is 1.25 bits per heavy atom. The van der Waals surface area contributed by atoms with Gasteiger partial charge in [-0.05, 0) is 32.6 Å². The first-order valence-electron chi connectivity index (χ1n) is 6.33. The van der Waals surface area contributed by atoms with Crippen LogP contribution in [0.5, 0.6) is 0 Å². The molecule has 94 valence electrons. The highest BCUT2D eigenvalue weighted by atomic mass is 32.2. The van der Waals surface area contributed by atoms with Crippen molar-refractivity contribution in [2.75, 3.05) is 19.6 Å². The molecule has 1 N–H and O–H groups in total. The normalized spacial score (nSPS) is 25.6. The fraction of sp³-hybridized carbons (Fsp3) is 1.00. The first kappa shape index (κ1) is 12.3. The van der Waals surface area contributed by atoms with Crippen molar-refractivity contribution in [3.63, 3.8) is 0 Å². The van der Waals surface area contributed by atoms with Crippen molar-refractivity contribution in [2.24, 2.45) is 0 Å². The zero-order chi connectivity index (χ0) is 11.6. The molecule has 1 atom stereocenters. The van der Waals surface area contributed by atoms with Crippen LogP contribution in [0.2, 0.25) is 0 Å². The molecule has 0 radical (unpaired) electrons. The summed E-state index contributed by atoms with van der Waals surface area (Å²) in [5.41, 5.74) is 0. The first-order chi connectivity index (χ1) is 7.60. The number of hydrogen-bond donors (Lipinski definition) is 1. The average Bonchev–Trinajstić information content (AvgIpc) is 3.11. The molecule has 2 aliphatic rings. The summed E-state index contributed by atoms with van der Waals surface area (Å²) >= 11 is 0. The lowest BCUT2D eigenvalue weighted by Gasteiger charge is -2.28. The summed E-state index contributed by atoms with van der Waals surface area (Å²) in [5, 5.41) is 3.01. The maximum Gasteiger partial charge on any atom is 0.217 e. The molecule has 0 aromatic heterocycles. The molecule has 1 saturated heterocycles. The standard InChI is InChI=1S/C11H22N2O2S/c1-10(9-12-11-5-6-11)16(14,15)13-7-3-2-4-8-13/h10-12H,2-9H2,1H3. The Balaban J connectivity index is 1.87. The summed E-state index contributed by atoms with van der Waals surface area (Å²) in [6.07, 6.45) is 5.61. The molecule has 2 rings (SSSR count). The van der Waals surface area contributed by atoms with Gasteiger partial charge in [0.1, 0.15) is 0 Å². The van der Waals surface area contributed by atoms with Crippen LogP contribution in [-0.4, -0.2) is 43.6 Å². The van der Waals surface area contributed by atoms with Crippen LogP contribution in [-0.2, 0) is 10.0 Å². The molecule has 1 aliphatic carbocycles. The van der Waals surface area contributed by atoms with Crippen LogP contribution < -0.4 is 5.32 Å². The number of rotatable bonds is 5. The number of nitrogens with zero attached hydrogens (tertiary/aromatic N) is 1. The van der Waals surface area contributed by atoms with Gasteiger partial charge in [-0.15, -0.1) is 0 Å². The summed E-state index contributed by atoms with van der Waals surface area (Å²) in [7, 11) is -3.06. The SMILES string of the molecule is CC(CNC1CC1)S(=O)(=O)N1CCCCC1. The molecule has 0 amide bonds. The zero-order valence-corrected chi connectivity index (χ0v) is 10.8. The van der Waals surface area contributed by atoms with Crippen LogP contribution in [0, 0.1) is 0 Å². The smallest absolute Gasteiger partial charge is 0.217 e. The van der Waals surface area contributed by atoms with E-state index in [9.17, 15) is 8.42 Å². The van der Waals surface area contributed by atoms with Crippen molar-refractivity contribution in [3.8, 4) is 0 Å². The van der Waals surface area contributed by atoms with E-state index in [0.29, 0.717) is 12.6 Å². The van der Waals surface area contributed by atoms with Gasteiger partial charge in [0.2, 0.25) is 10.0 Å². The molecule has 0 aromatic carbocycles. The first-order valence-corrected chi connectivity index (χ1v) is 7.83. The molecule has 5 heteroatoms.